The zero-order valence-corrected chi connectivity index (χ0v) is 11.7. The van der Waals surface area contributed by atoms with E-state index in [-0.39, 0.29) is 10.3 Å². The van der Waals surface area contributed by atoms with Gasteiger partial charge >= 0.3 is 4.87 Å². The van der Waals surface area contributed by atoms with Crippen LogP contribution in [0, 0.1) is 6.92 Å². The van der Waals surface area contributed by atoms with E-state index in [0.717, 1.165) is 4.57 Å². The maximum Gasteiger partial charge on any atom is 0.311 e. The number of nitrogens with one attached hydrogen (secondary N) is 1. The van der Waals surface area contributed by atoms with Crippen LogP contribution in [0.25, 0.3) is 10.3 Å². The van der Waals surface area contributed by atoms with Crippen molar-refractivity contribution in [2.24, 2.45) is 0 Å². The highest BCUT2D eigenvalue weighted by Gasteiger charge is 2.44. The second-order valence-electron chi connectivity index (χ2n) is 4.77. The molecule has 2 aromatic rings. The molecular formula is C11H13N3O6S. The number of ether oxygens (including phenoxy) is 1. The minimum Gasteiger partial charge on any atom is -0.394 e. The highest BCUT2D eigenvalue weighted by molar-refractivity contribution is 7.16. The smallest absolute Gasteiger partial charge is 0.311 e. The molecule has 0 amide bonds. The zero-order chi connectivity index (χ0) is 15.3. The van der Waals surface area contributed by atoms with E-state index in [1.165, 1.54) is 0 Å². The lowest BCUT2D eigenvalue weighted by Gasteiger charge is -2.15. The van der Waals surface area contributed by atoms with Gasteiger partial charge in [0, 0.05) is 0 Å². The lowest BCUT2D eigenvalue weighted by atomic mass is 10.1. The molecule has 0 aliphatic carbocycles. The highest BCUT2D eigenvalue weighted by Crippen LogP contribution is 2.30. The molecule has 1 aliphatic heterocycles. The van der Waals surface area contributed by atoms with Crippen LogP contribution < -0.4 is 10.4 Å². The third kappa shape index (κ3) is 2.12. The van der Waals surface area contributed by atoms with Gasteiger partial charge < -0.3 is 25.0 Å². The molecule has 0 spiro atoms. The molecule has 0 bridgehead atoms. The minimum atomic E-state index is -1.40. The molecule has 3 heterocycles. The summed E-state index contributed by atoms with van der Waals surface area (Å²) in [6, 6.07) is 0. The Morgan fingerprint density at radius 3 is 2.71 bits per heavy atom. The number of thiazole rings is 1. The Morgan fingerprint density at radius 2 is 2.10 bits per heavy atom. The van der Waals surface area contributed by atoms with Gasteiger partial charge in [0.2, 0.25) is 0 Å². The van der Waals surface area contributed by atoms with Crippen molar-refractivity contribution >= 4 is 21.7 Å². The molecule has 1 fully saturated rings. The fourth-order valence-corrected chi connectivity index (χ4v) is 3.20. The first-order chi connectivity index (χ1) is 9.93. The van der Waals surface area contributed by atoms with Crippen LogP contribution >= 0.6 is 11.3 Å². The Bertz CT molecular complexity index is 795. The number of aromatic amines is 1. The van der Waals surface area contributed by atoms with Crippen LogP contribution in [0.4, 0.5) is 0 Å². The fraction of sp³-hybridized carbons (Fsp3) is 0.545. The van der Waals surface area contributed by atoms with E-state index in [2.05, 4.69) is 9.97 Å². The normalized spacial score (nSPS) is 29.3. The monoisotopic (exact) mass is 315 g/mol. The molecule has 1 unspecified atom stereocenters. The Labute approximate surface area is 121 Å². The lowest BCUT2D eigenvalue weighted by Crippen LogP contribution is -2.34. The number of hydrogen-bond donors (Lipinski definition) is 4. The molecule has 4 N–H and O–H groups in total. The van der Waals surface area contributed by atoms with Gasteiger partial charge in [-0.2, -0.15) is 0 Å². The number of aliphatic hydroxyl groups is 3. The molecule has 3 rings (SSSR count). The summed E-state index contributed by atoms with van der Waals surface area (Å²) in [5.74, 6) is 0.311. The zero-order valence-electron chi connectivity index (χ0n) is 10.9. The SMILES string of the molecule is Cc1nc2c(sc(=O)n2C2O[C@H](CO)[C@@H](O)[C@H]2O)c(=O)[nH]1. The van der Waals surface area contributed by atoms with E-state index < -0.39 is 41.6 Å². The van der Waals surface area contributed by atoms with E-state index in [1.54, 1.807) is 6.92 Å². The summed E-state index contributed by atoms with van der Waals surface area (Å²) >= 11 is 0.679. The first kappa shape index (κ1) is 14.4. The van der Waals surface area contributed by atoms with Gasteiger partial charge in [-0.05, 0) is 6.92 Å². The summed E-state index contributed by atoms with van der Waals surface area (Å²) in [5.41, 5.74) is -0.369. The van der Waals surface area contributed by atoms with Gasteiger partial charge in [-0.25, -0.2) is 4.98 Å². The molecule has 10 heteroatoms. The standard InChI is InChI=1S/C11H13N3O6S/c1-3-12-8-7(9(18)13-3)21-11(19)14(8)10-6(17)5(16)4(2-15)20-10/h4-6,10,15-17H,2H2,1H3,(H,12,13,18)/t4-,5-,6-,10?/m1/s1. The Morgan fingerprint density at radius 1 is 1.38 bits per heavy atom. The Hall–Kier alpha value is -1.59. The molecule has 0 aromatic carbocycles. The largest absolute Gasteiger partial charge is 0.394 e. The van der Waals surface area contributed by atoms with Gasteiger partial charge in [0.1, 0.15) is 28.8 Å². The third-order valence-corrected chi connectivity index (χ3v) is 4.31. The fourth-order valence-electron chi connectivity index (χ4n) is 2.36. The van der Waals surface area contributed by atoms with Crippen LogP contribution in [-0.4, -0.2) is 54.8 Å². The number of aliphatic hydroxyl groups excluding tert-OH is 3. The van der Waals surface area contributed by atoms with E-state index in [9.17, 15) is 19.8 Å². The number of aryl methyl sites for hydroxylation is 1. The summed E-state index contributed by atoms with van der Waals surface area (Å²) in [6.45, 7) is 1.06. The van der Waals surface area contributed by atoms with Crippen molar-refractivity contribution in [1.29, 1.82) is 0 Å². The van der Waals surface area contributed by atoms with Crippen LogP contribution in [0.2, 0.25) is 0 Å². The highest BCUT2D eigenvalue weighted by atomic mass is 32.1. The summed E-state index contributed by atoms with van der Waals surface area (Å²) < 4.78 is 6.46. The van der Waals surface area contributed by atoms with Crippen molar-refractivity contribution < 1.29 is 20.1 Å². The Kier molecular flexibility index (Phi) is 3.42. The number of H-pyrrole nitrogens is 1. The van der Waals surface area contributed by atoms with Crippen LogP contribution in [0.15, 0.2) is 9.59 Å². The van der Waals surface area contributed by atoms with Crippen LogP contribution in [0.5, 0.6) is 0 Å². The molecule has 4 atom stereocenters. The van der Waals surface area contributed by atoms with Crippen molar-refractivity contribution in [3.05, 3.63) is 25.8 Å². The summed E-state index contributed by atoms with van der Waals surface area (Å²) in [6.07, 6.45) is -4.94. The average molecular weight is 315 g/mol. The van der Waals surface area contributed by atoms with Gasteiger partial charge in [-0.1, -0.05) is 11.3 Å². The van der Waals surface area contributed by atoms with E-state index >= 15 is 0 Å². The van der Waals surface area contributed by atoms with E-state index in [0.29, 0.717) is 17.2 Å². The van der Waals surface area contributed by atoms with Gasteiger partial charge in [0.25, 0.3) is 5.56 Å². The number of fused-ring (bicyclic) bond motifs is 1. The molecule has 0 saturated carbocycles. The van der Waals surface area contributed by atoms with Gasteiger partial charge in [0.15, 0.2) is 11.9 Å². The average Bonchev–Trinajstić information content (AvgIpc) is 2.89. The van der Waals surface area contributed by atoms with Gasteiger partial charge in [0.05, 0.1) is 6.61 Å². The second-order valence-corrected chi connectivity index (χ2v) is 5.73. The van der Waals surface area contributed by atoms with Crippen molar-refractivity contribution in [3.63, 3.8) is 0 Å². The molecule has 9 nitrogen and oxygen atoms in total. The molecule has 0 radical (unpaired) electrons. The molecular weight excluding hydrogens is 302 g/mol. The number of aromatic nitrogens is 3. The number of nitrogens with zero attached hydrogens (tertiary/aromatic N) is 2. The topological polar surface area (TPSA) is 138 Å². The molecule has 21 heavy (non-hydrogen) atoms. The number of rotatable bonds is 2. The maximum atomic E-state index is 12.1. The third-order valence-electron chi connectivity index (χ3n) is 3.36. The van der Waals surface area contributed by atoms with Crippen LogP contribution in [-0.2, 0) is 4.74 Å². The Balaban J connectivity index is 2.20. The summed E-state index contributed by atoms with van der Waals surface area (Å²) in [4.78, 5) is 29.9. The van der Waals surface area contributed by atoms with Gasteiger partial charge in [-0.15, -0.1) is 0 Å². The van der Waals surface area contributed by atoms with Gasteiger partial charge in [-0.3, -0.25) is 14.2 Å². The first-order valence-corrected chi connectivity index (χ1v) is 7.00. The molecule has 114 valence electrons. The van der Waals surface area contributed by atoms with Crippen molar-refractivity contribution in [2.45, 2.75) is 31.5 Å². The predicted octanol–water partition coefficient (Wildman–Crippen LogP) is -1.93. The van der Waals surface area contributed by atoms with Crippen molar-refractivity contribution in [1.82, 2.24) is 14.5 Å². The molecule has 1 aliphatic rings. The van der Waals surface area contributed by atoms with Crippen LogP contribution in [0.3, 0.4) is 0 Å². The number of hydrogen-bond acceptors (Lipinski definition) is 8. The summed E-state index contributed by atoms with van der Waals surface area (Å²) in [7, 11) is 0. The van der Waals surface area contributed by atoms with Crippen molar-refractivity contribution in [2.75, 3.05) is 6.61 Å². The maximum absolute atomic E-state index is 12.1. The lowest BCUT2D eigenvalue weighted by molar-refractivity contribution is -0.0518. The minimum absolute atomic E-state index is 0.0843. The quantitative estimate of drug-likeness (QED) is 0.506. The van der Waals surface area contributed by atoms with Crippen molar-refractivity contribution in [3.8, 4) is 0 Å². The molecule has 2 aromatic heterocycles. The van der Waals surface area contributed by atoms with Crippen LogP contribution in [0.1, 0.15) is 12.1 Å². The summed E-state index contributed by atoms with van der Waals surface area (Å²) in [5, 5.41) is 28.9. The van der Waals surface area contributed by atoms with E-state index in [1.807, 2.05) is 0 Å². The molecule has 1 saturated heterocycles. The first-order valence-electron chi connectivity index (χ1n) is 6.18. The van der Waals surface area contributed by atoms with E-state index in [4.69, 9.17) is 9.84 Å². The second kappa shape index (κ2) is 5.00. The predicted molar refractivity (Wildman–Crippen MR) is 72.2 cm³/mol.